The van der Waals surface area contributed by atoms with Gasteiger partial charge in [0.25, 0.3) is 5.69 Å². The van der Waals surface area contributed by atoms with Crippen molar-refractivity contribution >= 4 is 23.7 Å². The van der Waals surface area contributed by atoms with Crippen LogP contribution >= 0.6 is 0 Å². The van der Waals surface area contributed by atoms with Crippen molar-refractivity contribution in [1.82, 2.24) is 10.6 Å². The number of rotatable bonds is 8. The van der Waals surface area contributed by atoms with E-state index in [1.54, 1.807) is 40.7 Å². The molecule has 0 fully saturated rings. The zero-order valence-electron chi connectivity index (χ0n) is 20.0. The first-order chi connectivity index (χ1) is 16.0. The lowest BCUT2D eigenvalue weighted by Crippen LogP contribution is -2.46. The maximum absolute atomic E-state index is 12.8. The van der Waals surface area contributed by atoms with Gasteiger partial charge in [-0.2, -0.15) is 0 Å². The number of allylic oxidation sites excluding steroid dienone is 3. The van der Waals surface area contributed by atoms with Crippen LogP contribution in [0.3, 0.4) is 0 Å². The SMILES string of the molecule is CCOC(=O)[C@H](NC(=O)OC1=C(C)NC(C)=C(C(=O)OC)[C@H]1c1cccc([N+](=O)[O-])c1)C(C)C. The first kappa shape index (κ1) is 26.4. The van der Waals surface area contributed by atoms with E-state index in [1.807, 2.05) is 0 Å². The minimum Gasteiger partial charge on any atom is -0.466 e. The lowest BCUT2D eigenvalue weighted by molar-refractivity contribution is -0.384. The molecule has 11 heteroatoms. The Labute approximate surface area is 197 Å². The van der Waals surface area contributed by atoms with Gasteiger partial charge in [0.1, 0.15) is 11.8 Å². The molecule has 2 atom stereocenters. The number of hydrogen-bond donors (Lipinski definition) is 2. The number of dihydropyridines is 1. The minimum atomic E-state index is -0.973. The zero-order chi connectivity index (χ0) is 25.6. The molecule has 0 bridgehead atoms. The van der Waals surface area contributed by atoms with Gasteiger partial charge in [0.2, 0.25) is 0 Å². The van der Waals surface area contributed by atoms with Crippen LogP contribution in [0.2, 0.25) is 0 Å². The predicted molar refractivity (Wildman–Crippen MR) is 121 cm³/mol. The number of methoxy groups -OCH3 is 1. The molecule has 184 valence electrons. The maximum Gasteiger partial charge on any atom is 0.413 e. The van der Waals surface area contributed by atoms with E-state index in [-0.39, 0.29) is 29.5 Å². The van der Waals surface area contributed by atoms with Crippen LogP contribution in [0.5, 0.6) is 0 Å². The molecule has 1 aromatic carbocycles. The van der Waals surface area contributed by atoms with Crippen molar-refractivity contribution in [2.24, 2.45) is 5.92 Å². The molecule has 0 aromatic heterocycles. The fourth-order valence-electron chi connectivity index (χ4n) is 3.61. The van der Waals surface area contributed by atoms with Crippen LogP contribution in [0, 0.1) is 16.0 Å². The molecule has 1 aromatic rings. The largest absolute Gasteiger partial charge is 0.466 e. The third kappa shape index (κ3) is 5.91. The summed E-state index contributed by atoms with van der Waals surface area (Å²) >= 11 is 0. The molecule has 1 aliphatic rings. The van der Waals surface area contributed by atoms with Gasteiger partial charge >= 0.3 is 18.0 Å². The van der Waals surface area contributed by atoms with Crippen LogP contribution in [-0.4, -0.2) is 42.7 Å². The molecule has 2 N–H and O–H groups in total. The summed E-state index contributed by atoms with van der Waals surface area (Å²) in [6.07, 6.45) is -0.942. The predicted octanol–water partition coefficient (Wildman–Crippen LogP) is 3.27. The topological polar surface area (TPSA) is 146 Å². The van der Waals surface area contributed by atoms with Gasteiger partial charge in [-0.3, -0.25) is 10.1 Å². The van der Waals surface area contributed by atoms with Gasteiger partial charge < -0.3 is 24.8 Å². The molecular weight excluding hydrogens is 446 g/mol. The number of non-ortho nitro benzene ring substituents is 1. The van der Waals surface area contributed by atoms with Crippen LogP contribution in [-0.2, 0) is 23.8 Å². The van der Waals surface area contributed by atoms with Crippen molar-refractivity contribution in [3.05, 3.63) is 62.7 Å². The smallest absolute Gasteiger partial charge is 0.413 e. The number of ether oxygens (including phenoxy) is 3. The van der Waals surface area contributed by atoms with Gasteiger partial charge in [-0.15, -0.1) is 0 Å². The van der Waals surface area contributed by atoms with Crippen molar-refractivity contribution < 1.29 is 33.5 Å². The number of alkyl carbamates (subject to hydrolysis) is 1. The van der Waals surface area contributed by atoms with Crippen molar-refractivity contribution in [3.63, 3.8) is 0 Å². The summed E-state index contributed by atoms with van der Waals surface area (Å²) in [7, 11) is 1.21. The highest BCUT2D eigenvalue weighted by atomic mass is 16.6. The normalized spacial score (nSPS) is 16.5. The Kier molecular flexibility index (Phi) is 8.76. The second-order valence-electron chi connectivity index (χ2n) is 7.94. The van der Waals surface area contributed by atoms with Crippen LogP contribution in [0.15, 0.2) is 47.0 Å². The third-order valence-corrected chi connectivity index (χ3v) is 5.20. The summed E-state index contributed by atoms with van der Waals surface area (Å²) in [6, 6.07) is 4.72. The fraction of sp³-hybridized carbons (Fsp3) is 0.435. The monoisotopic (exact) mass is 475 g/mol. The van der Waals surface area contributed by atoms with E-state index >= 15 is 0 Å². The standard InChI is InChI=1S/C23H29N3O8/c1-7-33-22(28)19(12(2)3)25-23(29)34-20-14(5)24-13(4)17(21(27)32-6)18(20)15-9-8-10-16(11-15)26(30)31/h8-12,18-19,24H,7H2,1-6H3,(H,25,29)/t18-,19-/m1/s1. The summed E-state index contributed by atoms with van der Waals surface area (Å²) in [4.78, 5) is 48.5. The fourth-order valence-corrected chi connectivity index (χ4v) is 3.61. The van der Waals surface area contributed by atoms with E-state index in [0.29, 0.717) is 17.0 Å². The molecule has 1 amide bonds. The van der Waals surface area contributed by atoms with Crippen molar-refractivity contribution in [2.75, 3.05) is 13.7 Å². The molecule has 11 nitrogen and oxygen atoms in total. The third-order valence-electron chi connectivity index (χ3n) is 5.20. The number of carbonyl (C=O) groups is 3. The number of nitro benzene ring substituents is 1. The molecule has 1 aliphatic heterocycles. The molecule has 1 heterocycles. The van der Waals surface area contributed by atoms with E-state index in [4.69, 9.17) is 14.2 Å². The van der Waals surface area contributed by atoms with E-state index < -0.39 is 34.9 Å². The van der Waals surface area contributed by atoms with Gasteiger partial charge in [0.05, 0.1) is 35.8 Å². The van der Waals surface area contributed by atoms with Gasteiger partial charge in [-0.1, -0.05) is 26.0 Å². The van der Waals surface area contributed by atoms with Crippen molar-refractivity contribution in [2.45, 2.75) is 46.6 Å². The number of hydrogen-bond acceptors (Lipinski definition) is 9. The Morgan fingerprint density at radius 3 is 2.44 bits per heavy atom. The van der Waals surface area contributed by atoms with E-state index in [2.05, 4.69) is 10.6 Å². The van der Waals surface area contributed by atoms with Crippen LogP contribution in [0.4, 0.5) is 10.5 Å². The van der Waals surface area contributed by atoms with Crippen molar-refractivity contribution in [1.29, 1.82) is 0 Å². The number of nitrogens with zero attached hydrogens (tertiary/aromatic N) is 1. The van der Waals surface area contributed by atoms with E-state index in [1.165, 1.54) is 25.3 Å². The molecular formula is C23H29N3O8. The van der Waals surface area contributed by atoms with E-state index in [0.717, 1.165) is 0 Å². The molecule has 0 unspecified atom stereocenters. The first-order valence-corrected chi connectivity index (χ1v) is 10.7. The number of esters is 2. The number of nitro groups is 1. The van der Waals surface area contributed by atoms with Gasteiger partial charge in [-0.25, -0.2) is 14.4 Å². The van der Waals surface area contributed by atoms with Gasteiger partial charge in [0, 0.05) is 17.8 Å². The number of benzene rings is 1. The van der Waals surface area contributed by atoms with Gasteiger partial charge in [-0.05, 0) is 32.3 Å². The Morgan fingerprint density at radius 2 is 1.88 bits per heavy atom. The van der Waals surface area contributed by atoms with Crippen molar-refractivity contribution in [3.8, 4) is 0 Å². The number of nitrogens with one attached hydrogen (secondary N) is 2. The number of amides is 1. The summed E-state index contributed by atoms with van der Waals surface area (Å²) in [5, 5.41) is 16.8. The second kappa shape index (κ2) is 11.3. The highest BCUT2D eigenvalue weighted by molar-refractivity contribution is 5.92. The summed E-state index contributed by atoms with van der Waals surface area (Å²) in [5.41, 5.74) is 1.14. The van der Waals surface area contributed by atoms with Crippen LogP contribution in [0.1, 0.15) is 46.1 Å². The second-order valence-corrected chi connectivity index (χ2v) is 7.94. The van der Waals surface area contributed by atoms with E-state index in [9.17, 15) is 24.5 Å². The van der Waals surface area contributed by atoms with Gasteiger partial charge in [0.15, 0.2) is 0 Å². The number of carbonyl (C=O) groups excluding carboxylic acids is 3. The molecule has 0 saturated carbocycles. The molecule has 0 spiro atoms. The lowest BCUT2D eigenvalue weighted by Gasteiger charge is -2.30. The zero-order valence-corrected chi connectivity index (χ0v) is 20.0. The molecule has 2 rings (SSSR count). The quantitative estimate of drug-likeness (QED) is 0.250. The molecule has 0 radical (unpaired) electrons. The Balaban J connectivity index is 2.49. The first-order valence-electron chi connectivity index (χ1n) is 10.7. The Morgan fingerprint density at radius 1 is 1.21 bits per heavy atom. The molecule has 34 heavy (non-hydrogen) atoms. The highest BCUT2D eigenvalue weighted by Crippen LogP contribution is 2.40. The van der Waals surface area contributed by atoms with Crippen LogP contribution in [0.25, 0.3) is 0 Å². The van der Waals surface area contributed by atoms with Crippen LogP contribution < -0.4 is 10.6 Å². The Bertz CT molecular complexity index is 1040. The minimum absolute atomic E-state index is 0.0374. The molecule has 0 saturated heterocycles. The highest BCUT2D eigenvalue weighted by Gasteiger charge is 2.37. The summed E-state index contributed by atoms with van der Waals surface area (Å²) < 4.78 is 15.5. The maximum atomic E-state index is 12.8. The molecule has 0 aliphatic carbocycles. The lowest BCUT2D eigenvalue weighted by atomic mass is 9.85. The Hall–Kier alpha value is -3.89. The average molecular weight is 475 g/mol. The summed E-state index contributed by atoms with van der Waals surface area (Å²) in [5.74, 6) is -2.52. The summed E-state index contributed by atoms with van der Waals surface area (Å²) in [6.45, 7) is 8.56. The average Bonchev–Trinajstić information content (AvgIpc) is 2.78.